The zero-order valence-electron chi connectivity index (χ0n) is 43.4. The van der Waals surface area contributed by atoms with Crippen molar-refractivity contribution in [3.05, 3.63) is 255 Å². The van der Waals surface area contributed by atoms with Gasteiger partial charge in [-0.2, -0.15) is 21.0 Å². The van der Waals surface area contributed by atoms with Crippen LogP contribution in [-0.2, 0) is 0 Å². The van der Waals surface area contributed by atoms with Crippen molar-refractivity contribution in [1.29, 1.82) is 21.0 Å². The van der Waals surface area contributed by atoms with Crippen LogP contribution in [0, 0.1) is 92.0 Å². The molecule has 0 amide bonds. The van der Waals surface area contributed by atoms with Crippen LogP contribution >= 0.6 is 0 Å². The van der Waals surface area contributed by atoms with Crippen molar-refractivity contribution >= 4 is 72.0 Å². The van der Waals surface area contributed by atoms with Crippen LogP contribution in [-0.4, -0.2) is 19.1 Å². The number of rotatable bonds is 7. The number of nitriles is 4. The summed E-state index contributed by atoms with van der Waals surface area (Å²) in [7, 11) is 0. The van der Waals surface area contributed by atoms with Crippen molar-refractivity contribution in [2.75, 3.05) is 0 Å². The Bertz CT molecular complexity index is 4970. The van der Waals surface area contributed by atoms with Crippen LogP contribution < -0.4 is 0 Å². The summed E-state index contributed by atoms with van der Waals surface area (Å²) in [5, 5.41) is 44.8. The molecule has 13 heteroatoms. The molecular weight excluding hydrogens is 1010 g/mol. The number of benzene rings is 9. The quantitative estimate of drug-likeness (QED) is 0.145. The van der Waals surface area contributed by atoms with Gasteiger partial charge in [-0.25, -0.2) is 34.2 Å². The molecule has 0 N–H and O–H groups in total. The molecular formula is C69H33N13. The van der Waals surface area contributed by atoms with Gasteiger partial charge in [0.05, 0.1) is 107 Å². The van der Waals surface area contributed by atoms with Crippen molar-refractivity contribution in [2.45, 2.75) is 13.8 Å². The molecule has 13 nitrogen and oxygen atoms in total. The predicted molar refractivity (Wildman–Crippen MR) is 318 cm³/mol. The van der Waals surface area contributed by atoms with Crippen LogP contribution in [0.25, 0.3) is 135 Å². The van der Waals surface area contributed by atoms with Gasteiger partial charge in [0.25, 0.3) is 0 Å². The third-order valence-electron chi connectivity index (χ3n) is 14.7. The molecule has 3 heterocycles. The van der Waals surface area contributed by atoms with Gasteiger partial charge < -0.3 is 9.13 Å². The molecule has 0 bridgehead atoms. The van der Waals surface area contributed by atoms with Gasteiger partial charge in [-0.05, 0) is 125 Å². The molecule has 0 aliphatic rings. The Balaban J connectivity index is 1.28. The van der Waals surface area contributed by atoms with Crippen molar-refractivity contribution in [1.82, 2.24) is 19.1 Å². The summed E-state index contributed by atoms with van der Waals surface area (Å²) in [4.78, 5) is 28.6. The molecule has 9 aromatic carbocycles. The first-order valence-electron chi connectivity index (χ1n) is 25.3. The van der Waals surface area contributed by atoms with Gasteiger partial charge in [-0.1, -0.05) is 97.1 Å². The maximum atomic E-state index is 11.4. The van der Waals surface area contributed by atoms with E-state index in [-0.39, 0.29) is 11.3 Å². The Morgan fingerprint density at radius 1 is 0.354 bits per heavy atom. The third-order valence-corrected chi connectivity index (χ3v) is 14.7. The summed E-state index contributed by atoms with van der Waals surface area (Å²) in [6, 6.07) is 58.5. The average molecular weight is 1040 g/mol. The Hall–Kier alpha value is -12.9. The molecule has 3 aromatic heterocycles. The van der Waals surface area contributed by atoms with Crippen LogP contribution in [0.2, 0.25) is 0 Å². The zero-order valence-corrected chi connectivity index (χ0v) is 43.4. The minimum Gasteiger partial charge on any atom is -0.307 e. The molecule has 0 unspecified atom stereocenters. The molecule has 0 saturated carbocycles. The molecule has 0 aliphatic heterocycles. The number of aromatic nitrogens is 4. The Kier molecular flexibility index (Phi) is 12.1. The summed E-state index contributed by atoms with van der Waals surface area (Å²) >= 11 is 0. The van der Waals surface area contributed by atoms with Crippen LogP contribution in [0.3, 0.4) is 0 Å². The van der Waals surface area contributed by atoms with Crippen molar-refractivity contribution in [2.24, 2.45) is 0 Å². The van der Waals surface area contributed by atoms with E-state index < -0.39 is 0 Å². The molecule has 0 aliphatic carbocycles. The third kappa shape index (κ3) is 8.19. The number of aryl methyl sites for hydroxylation is 2. The number of fused-ring (bicyclic) bond motifs is 6. The second kappa shape index (κ2) is 19.9. The second-order valence-corrected chi connectivity index (χ2v) is 19.4. The van der Waals surface area contributed by atoms with E-state index in [0.29, 0.717) is 140 Å². The lowest BCUT2D eigenvalue weighted by molar-refractivity contribution is 1.05. The van der Waals surface area contributed by atoms with Crippen molar-refractivity contribution < 1.29 is 0 Å². The lowest BCUT2D eigenvalue weighted by Gasteiger charge is -2.20. The highest BCUT2D eigenvalue weighted by Gasteiger charge is 2.26. The fourth-order valence-corrected chi connectivity index (χ4v) is 11.0. The molecule has 0 spiro atoms. The monoisotopic (exact) mass is 1040 g/mol. The molecule has 12 aromatic rings. The zero-order chi connectivity index (χ0) is 56.9. The minimum atomic E-state index is 0.248. The van der Waals surface area contributed by atoms with E-state index in [1.54, 1.807) is 72.8 Å². The number of hydrogen-bond donors (Lipinski definition) is 0. The van der Waals surface area contributed by atoms with Crippen LogP contribution in [0.4, 0.5) is 28.4 Å². The van der Waals surface area contributed by atoms with Crippen LogP contribution in [0.15, 0.2) is 164 Å². The van der Waals surface area contributed by atoms with Crippen molar-refractivity contribution in [3.8, 4) is 91.5 Å². The van der Waals surface area contributed by atoms with Crippen LogP contribution in [0.1, 0.15) is 33.6 Å². The Labute approximate surface area is 469 Å². The molecule has 0 atom stereocenters. The van der Waals surface area contributed by atoms with Gasteiger partial charge in [-0.3, -0.25) is 0 Å². The smallest absolute Gasteiger partial charge is 0.196 e. The van der Waals surface area contributed by atoms with E-state index in [9.17, 15) is 21.0 Å². The van der Waals surface area contributed by atoms with E-state index in [0.717, 1.165) is 21.5 Å². The lowest BCUT2D eigenvalue weighted by Crippen LogP contribution is -2.07. The summed E-state index contributed by atoms with van der Waals surface area (Å²) < 4.78 is 4.18. The first kappa shape index (κ1) is 49.9. The van der Waals surface area contributed by atoms with E-state index in [1.165, 1.54) is 0 Å². The highest BCUT2D eigenvalue weighted by Crippen LogP contribution is 2.46. The molecule has 12 rings (SSSR count). The standard InChI is InChI=1S/C69H33N13/c1-39-24-40(2)80-69(79-39)59-34-68(82-65-29-45(53-22-14-49(74-3)32-61(53)77-6)12-20-57(65)58-21-13-46(30-66(58)82)54-23-15-50(75-4)33-62(54)78-7)67(31-48(59)38-73)81-63-27-43(51-16-8-41(35-70)25-47(51)37-72)10-18-55(63)56-19-11-44(28-64(56)81)52-17-9-42(36-71)26-60(52)76-5/h8-34H,1-2H3. The highest BCUT2D eigenvalue weighted by atomic mass is 15.1. The van der Waals surface area contributed by atoms with Gasteiger partial charge in [0.15, 0.2) is 34.3 Å². The average Bonchev–Trinajstić information content (AvgIpc) is 3.61. The van der Waals surface area contributed by atoms with E-state index in [4.69, 9.17) is 42.8 Å². The van der Waals surface area contributed by atoms with E-state index >= 15 is 0 Å². The Morgan fingerprint density at radius 3 is 1.15 bits per heavy atom. The number of nitrogens with zero attached hydrogens (tertiary/aromatic N) is 13. The highest BCUT2D eigenvalue weighted by molar-refractivity contribution is 6.14. The normalized spacial score (nSPS) is 10.7. The molecule has 82 heavy (non-hydrogen) atoms. The maximum absolute atomic E-state index is 11.4. The summed E-state index contributed by atoms with van der Waals surface area (Å²) in [6.45, 7) is 43.8. The van der Waals surface area contributed by atoms with Gasteiger partial charge >= 0.3 is 0 Å². The summed E-state index contributed by atoms with van der Waals surface area (Å²) in [5.41, 5.74) is 13.5. The molecule has 0 fully saturated rings. The van der Waals surface area contributed by atoms with Gasteiger partial charge in [0.1, 0.15) is 0 Å². The largest absolute Gasteiger partial charge is 0.307 e. The van der Waals surface area contributed by atoms with E-state index in [2.05, 4.69) is 57.6 Å². The molecule has 374 valence electrons. The van der Waals surface area contributed by atoms with E-state index in [1.807, 2.05) is 105 Å². The molecule has 0 radical (unpaired) electrons. The van der Waals surface area contributed by atoms with Crippen LogP contribution in [0.5, 0.6) is 0 Å². The number of hydrogen-bond acceptors (Lipinski definition) is 6. The lowest BCUT2D eigenvalue weighted by atomic mass is 9.97. The topological polar surface area (TPSA) is 153 Å². The fourth-order valence-electron chi connectivity index (χ4n) is 11.0. The minimum absolute atomic E-state index is 0.248. The first-order valence-corrected chi connectivity index (χ1v) is 25.3. The molecule has 0 saturated heterocycles. The maximum Gasteiger partial charge on any atom is 0.196 e. The van der Waals surface area contributed by atoms with Gasteiger partial charge in [0, 0.05) is 44.1 Å². The van der Waals surface area contributed by atoms with Gasteiger partial charge in [-0.15, -0.1) is 0 Å². The van der Waals surface area contributed by atoms with Crippen molar-refractivity contribution in [3.63, 3.8) is 0 Å². The summed E-state index contributed by atoms with van der Waals surface area (Å²) in [5.74, 6) is 0.316. The predicted octanol–water partition coefficient (Wildman–Crippen LogP) is 17.9. The second-order valence-electron chi connectivity index (χ2n) is 19.4. The van der Waals surface area contributed by atoms with Gasteiger partial charge in [0.2, 0.25) is 0 Å². The Morgan fingerprint density at radius 2 is 0.732 bits per heavy atom. The summed E-state index contributed by atoms with van der Waals surface area (Å²) in [6.07, 6.45) is 0. The first-order chi connectivity index (χ1) is 40.0. The fraction of sp³-hybridized carbons (Fsp3) is 0.0290. The SMILES string of the molecule is [C-]#[N+]c1ccc(-c2ccc3c4ccc(-c5ccc([N+]#[C-])cc5[N+]#[C-])cc4n(-c4cc(-c5nc(C)cc(C)n5)c(C#N)cc4-n4c5cc(-c6ccc(C#N)cc6C#N)ccc5c5ccc(-c6ccc(C#N)cc6[N+]#[C-])cc54)c3c2)c([N+]#[C-])c1.